The number of carbonyl (C=O) groups is 1. The van der Waals surface area contributed by atoms with Crippen molar-refractivity contribution in [2.75, 3.05) is 0 Å². The van der Waals surface area contributed by atoms with Crippen molar-refractivity contribution in [3.63, 3.8) is 0 Å². The fraction of sp³-hybridized carbons (Fsp3) is 0.0909. The maximum atomic E-state index is 11.6. The highest BCUT2D eigenvalue weighted by Gasteiger charge is 2.12. The van der Waals surface area contributed by atoms with Gasteiger partial charge in [0, 0.05) is 11.2 Å². The Morgan fingerprint density at radius 1 is 1.11 bits per heavy atom. The van der Waals surface area contributed by atoms with E-state index in [9.17, 15) is 9.90 Å². The fourth-order valence-corrected chi connectivity index (χ4v) is 2.64. The van der Waals surface area contributed by atoms with Gasteiger partial charge in [-0.1, -0.05) is 48.0 Å². The third-order valence-electron chi connectivity index (χ3n) is 3.99. The highest BCUT2D eigenvalue weighted by Crippen LogP contribution is 2.24. The summed E-state index contributed by atoms with van der Waals surface area (Å²) in [5.74, 6) is -0.728. The molecule has 0 aliphatic heterocycles. The van der Waals surface area contributed by atoms with Crippen LogP contribution in [0.1, 0.15) is 27.0 Å². The minimum Gasteiger partial charge on any atom is -0.488 e. The molecule has 0 saturated carbocycles. The fourth-order valence-electron chi connectivity index (χ4n) is 2.47. The van der Waals surface area contributed by atoms with Crippen LogP contribution in [0.4, 0.5) is 5.69 Å². The quantitative estimate of drug-likeness (QED) is 0.561. The van der Waals surface area contributed by atoms with Crippen molar-refractivity contribution < 1.29 is 14.6 Å². The minimum absolute atomic E-state index is 0.0943. The van der Waals surface area contributed by atoms with Gasteiger partial charge in [-0.15, -0.1) is 0 Å². The molecule has 136 valence electrons. The molecule has 0 aromatic heterocycles. The largest absolute Gasteiger partial charge is 0.488 e. The topological polar surface area (TPSA) is 58.9 Å². The summed E-state index contributed by atoms with van der Waals surface area (Å²) in [4.78, 5) is 16.0. The maximum Gasteiger partial charge on any atom is 0.339 e. The van der Waals surface area contributed by atoms with Gasteiger partial charge < -0.3 is 9.84 Å². The second-order valence-electron chi connectivity index (χ2n) is 6.03. The standard InChI is InChI=1S/C22H18ClNO3/c1-15-7-9-18(12-20(15)23)24-13-17-8-10-21(19(11-17)22(25)26)27-14-16-5-3-2-4-6-16/h2-13H,14H2,1H3,(H,25,26). The molecule has 5 heteroatoms. The van der Waals surface area contributed by atoms with Gasteiger partial charge in [-0.05, 0) is 53.9 Å². The van der Waals surface area contributed by atoms with E-state index in [4.69, 9.17) is 16.3 Å². The Labute approximate surface area is 162 Å². The molecule has 4 nitrogen and oxygen atoms in total. The lowest BCUT2D eigenvalue weighted by atomic mass is 10.1. The molecule has 0 spiro atoms. The number of nitrogens with zero attached hydrogens (tertiary/aromatic N) is 1. The van der Waals surface area contributed by atoms with Crippen molar-refractivity contribution in [1.29, 1.82) is 0 Å². The van der Waals surface area contributed by atoms with Crippen LogP contribution in [0.15, 0.2) is 71.7 Å². The molecule has 3 aromatic rings. The van der Waals surface area contributed by atoms with Gasteiger partial charge in [-0.2, -0.15) is 0 Å². The van der Waals surface area contributed by atoms with Crippen LogP contribution in [0, 0.1) is 6.92 Å². The van der Waals surface area contributed by atoms with E-state index in [0.29, 0.717) is 28.6 Å². The van der Waals surface area contributed by atoms with E-state index in [1.807, 2.05) is 49.4 Å². The van der Waals surface area contributed by atoms with Crippen molar-refractivity contribution in [2.45, 2.75) is 13.5 Å². The molecule has 0 heterocycles. The third-order valence-corrected chi connectivity index (χ3v) is 4.40. The molecule has 1 N–H and O–H groups in total. The highest BCUT2D eigenvalue weighted by molar-refractivity contribution is 6.31. The SMILES string of the molecule is Cc1ccc(N=Cc2ccc(OCc3ccccc3)c(C(=O)O)c2)cc1Cl. The summed E-state index contributed by atoms with van der Waals surface area (Å²) >= 11 is 6.10. The van der Waals surface area contributed by atoms with Gasteiger partial charge in [-0.3, -0.25) is 4.99 Å². The number of carboxylic acids is 1. The summed E-state index contributed by atoms with van der Waals surface area (Å²) in [5, 5.41) is 10.1. The van der Waals surface area contributed by atoms with Gasteiger partial charge in [0.15, 0.2) is 0 Å². The number of hydrogen-bond acceptors (Lipinski definition) is 3. The molecule has 0 aliphatic carbocycles. The van der Waals surface area contributed by atoms with Crippen LogP contribution in [0.25, 0.3) is 0 Å². The summed E-state index contributed by atoms with van der Waals surface area (Å²) < 4.78 is 5.69. The van der Waals surface area contributed by atoms with Crippen molar-refractivity contribution >= 4 is 29.5 Å². The van der Waals surface area contributed by atoms with E-state index >= 15 is 0 Å². The second-order valence-corrected chi connectivity index (χ2v) is 6.43. The van der Waals surface area contributed by atoms with E-state index in [1.165, 1.54) is 0 Å². The first-order chi connectivity index (χ1) is 13.0. The Morgan fingerprint density at radius 2 is 1.89 bits per heavy atom. The molecule has 3 rings (SSSR count). The lowest BCUT2D eigenvalue weighted by Crippen LogP contribution is -2.04. The summed E-state index contributed by atoms with van der Waals surface area (Å²) in [6, 6.07) is 20.1. The number of benzene rings is 3. The van der Waals surface area contributed by atoms with Gasteiger partial charge in [0.25, 0.3) is 0 Å². The van der Waals surface area contributed by atoms with Crippen molar-refractivity contribution in [1.82, 2.24) is 0 Å². The molecule has 0 bridgehead atoms. The number of aliphatic imine (C=N–C) groups is 1. The predicted molar refractivity (Wildman–Crippen MR) is 108 cm³/mol. The van der Waals surface area contributed by atoms with Crippen LogP contribution < -0.4 is 4.74 Å². The summed E-state index contributed by atoms with van der Waals surface area (Å²) in [7, 11) is 0. The van der Waals surface area contributed by atoms with Crippen LogP contribution >= 0.6 is 11.6 Å². The molecule has 0 unspecified atom stereocenters. The first-order valence-electron chi connectivity index (χ1n) is 8.37. The smallest absolute Gasteiger partial charge is 0.339 e. The number of ether oxygens (including phenoxy) is 1. The highest BCUT2D eigenvalue weighted by atomic mass is 35.5. The molecule has 0 radical (unpaired) electrons. The number of halogens is 1. The van der Waals surface area contributed by atoms with Crippen LogP contribution in [-0.2, 0) is 6.61 Å². The number of aryl methyl sites for hydroxylation is 1. The van der Waals surface area contributed by atoms with E-state index in [1.54, 1.807) is 30.5 Å². The van der Waals surface area contributed by atoms with Gasteiger partial charge in [0.1, 0.15) is 17.9 Å². The monoisotopic (exact) mass is 379 g/mol. The number of aromatic carboxylic acids is 1. The Hall–Kier alpha value is -3.11. The summed E-state index contributed by atoms with van der Waals surface area (Å²) in [6.45, 7) is 2.22. The predicted octanol–water partition coefficient (Wildman–Crippen LogP) is 5.68. The Kier molecular flexibility index (Phi) is 5.89. The lowest BCUT2D eigenvalue weighted by molar-refractivity contribution is 0.0691. The van der Waals surface area contributed by atoms with E-state index in [-0.39, 0.29) is 5.56 Å². The van der Waals surface area contributed by atoms with Gasteiger partial charge in [0.2, 0.25) is 0 Å². The number of rotatable bonds is 6. The van der Waals surface area contributed by atoms with Crippen LogP contribution in [0.2, 0.25) is 5.02 Å². The van der Waals surface area contributed by atoms with Gasteiger partial charge in [-0.25, -0.2) is 4.79 Å². The molecule has 0 amide bonds. The number of hydrogen-bond donors (Lipinski definition) is 1. The zero-order valence-electron chi connectivity index (χ0n) is 14.7. The Morgan fingerprint density at radius 3 is 2.59 bits per heavy atom. The average Bonchev–Trinajstić information content (AvgIpc) is 2.68. The minimum atomic E-state index is -1.05. The zero-order chi connectivity index (χ0) is 19.2. The average molecular weight is 380 g/mol. The van der Waals surface area contributed by atoms with Gasteiger partial charge in [0.05, 0.1) is 5.69 Å². The van der Waals surface area contributed by atoms with Crippen molar-refractivity contribution in [3.05, 3.63) is 94.0 Å². The summed E-state index contributed by atoms with van der Waals surface area (Å²) in [5.41, 5.74) is 3.40. The molecule has 0 aliphatic rings. The summed E-state index contributed by atoms with van der Waals surface area (Å²) in [6.07, 6.45) is 1.61. The Bertz CT molecular complexity index is 984. The van der Waals surface area contributed by atoms with Crippen LogP contribution in [-0.4, -0.2) is 17.3 Å². The zero-order valence-corrected chi connectivity index (χ0v) is 15.5. The third kappa shape index (κ3) is 4.96. The lowest BCUT2D eigenvalue weighted by Gasteiger charge is -2.10. The molecule has 0 atom stereocenters. The normalized spacial score (nSPS) is 10.9. The molecular weight excluding hydrogens is 362 g/mol. The molecule has 0 saturated heterocycles. The molecule has 0 fully saturated rings. The Balaban J connectivity index is 1.79. The first-order valence-corrected chi connectivity index (χ1v) is 8.75. The maximum absolute atomic E-state index is 11.6. The first kappa shape index (κ1) is 18.7. The molecular formula is C22H18ClNO3. The molecule has 3 aromatic carbocycles. The van der Waals surface area contributed by atoms with E-state index < -0.39 is 5.97 Å². The van der Waals surface area contributed by atoms with Gasteiger partial charge >= 0.3 is 5.97 Å². The second kappa shape index (κ2) is 8.52. The van der Waals surface area contributed by atoms with E-state index in [0.717, 1.165) is 11.1 Å². The molecule has 27 heavy (non-hydrogen) atoms. The number of carboxylic acid groups (broad SMARTS) is 1. The van der Waals surface area contributed by atoms with Crippen LogP contribution in [0.3, 0.4) is 0 Å². The van der Waals surface area contributed by atoms with E-state index in [2.05, 4.69) is 4.99 Å². The van der Waals surface area contributed by atoms with Crippen molar-refractivity contribution in [2.24, 2.45) is 4.99 Å². The van der Waals surface area contributed by atoms with Crippen LogP contribution in [0.5, 0.6) is 5.75 Å². The van der Waals surface area contributed by atoms with Crippen molar-refractivity contribution in [3.8, 4) is 5.75 Å².